The Morgan fingerprint density at radius 2 is 2.14 bits per heavy atom. The molecule has 2 unspecified atom stereocenters. The molecule has 0 radical (unpaired) electrons. The maximum Gasteiger partial charge on any atom is 0.324 e. The molecule has 1 aliphatic rings. The van der Waals surface area contributed by atoms with Crippen LogP contribution in [0.5, 0.6) is 5.75 Å². The molecule has 0 spiro atoms. The molecule has 6 heteroatoms. The summed E-state index contributed by atoms with van der Waals surface area (Å²) in [5, 5.41) is 4.09. The summed E-state index contributed by atoms with van der Waals surface area (Å²) in [4.78, 5) is 6.66. The van der Waals surface area contributed by atoms with E-state index in [1.165, 1.54) is 0 Å². The SMILES string of the molecule is COc1ccc(-c2noc(N3CCC(C)C(CN)C3)n2)cc1. The van der Waals surface area contributed by atoms with Crippen molar-refractivity contribution in [1.29, 1.82) is 0 Å². The Balaban J connectivity index is 1.75. The monoisotopic (exact) mass is 302 g/mol. The van der Waals surface area contributed by atoms with Gasteiger partial charge in [0.2, 0.25) is 5.82 Å². The third-order valence-corrected chi connectivity index (χ3v) is 4.45. The fourth-order valence-corrected chi connectivity index (χ4v) is 2.83. The number of ether oxygens (including phenoxy) is 1. The second-order valence-electron chi connectivity index (χ2n) is 5.84. The Hall–Kier alpha value is -2.08. The van der Waals surface area contributed by atoms with Gasteiger partial charge in [0.05, 0.1) is 7.11 Å². The van der Waals surface area contributed by atoms with E-state index in [-0.39, 0.29) is 0 Å². The Morgan fingerprint density at radius 3 is 2.82 bits per heavy atom. The highest BCUT2D eigenvalue weighted by Gasteiger charge is 2.28. The molecule has 22 heavy (non-hydrogen) atoms. The van der Waals surface area contributed by atoms with Crippen LogP contribution in [0.1, 0.15) is 13.3 Å². The molecule has 0 amide bonds. The van der Waals surface area contributed by atoms with Crippen molar-refractivity contribution < 1.29 is 9.26 Å². The number of aromatic nitrogens is 2. The molecular formula is C16H22N4O2. The number of benzene rings is 1. The van der Waals surface area contributed by atoms with Crippen LogP contribution < -0.4 is 15.4 Å². The van der Waals surface area contributed by atoms with E-state index < -0.39 is 0 Å². The van der Waals surface area contributed by atoms with E-state index in [0.717, 1.165) is 30.8 Å². The summed E-state index contributed by atoms with van der Waals surface area (Å²) in [6.45, 7) is 4.76. The topological polar surface area (TPSA) is 77.4 Å². The molecule has 0 bridgehead atoms. The molecule has 2 aromatic rings. The minimum Gasteiger partial charge on any atom is -0.497 e. The summed E-state index contributed by atoms with van der Waals surface area (Å²) >= 11 is 0. The molecule has 1 fully saturated rings. The van der Waals surface area contributed by atoms with E-state index in [1.54, 1.807) is 7.11 Å². The summed E-state index contributed by atoms with van der Waals surface area (Å²) in [5.41, 5.74) is 6.77. The van der Waals surface area contributed by atoms with Crippen LogP contribution in [-0.2, 0) is 0 Å². The lowest BCUT2D eigenvalue weighted by Crippen LogP contribution is -2.42. The van der Waals surface area contributed by atoms with Gasteiger partial charge in [0, 0.05) is 18.7 Å². The highest BCUT2D eigenvalue weighted by Crippen LogP contribution is 2.27. The molecule has 0 saturated carbocycles. The molecule has 2 atom stereocenters. The lowest BCUT2D eigenvalue weighted by molar-refractivity contribution is 0.291. The lowest BCUT2D eigenvalue weighted by atomic mass is 9.87. The predicted molar refractivity (Wildman–Crippen MR) is 84.8 cm³/mol. The van der Waals surface area contributed by atoms with Crippen LogP contribution in [0.3, 0.4) is 0 Å². The normalized spacial score (nSPS) is 21.9. The number of rotatable bonds is 4. The van der Waals surface area contributed by atoms with Crippen molar-refractivity contribution in [3.8, 4) is 17.1 Å². The van der Waals surface area contributed by atoms with Crippen molar-refractivity contribution >= 4 is 6.01 Å². The highest BCUT2D eigenvalue weighted by molar-refractivity contribution is 5.56. The van der Waals surface area contributed by atoms with Crippen LogP contribution in [0.25, 0.3) is 11.4 Å². The minimum atomic E-state index is 0.477. The summed E-state index contributed by atoms with van der Waals surface area (Å²) in [6.07, 6.45) is 1.10. The van der Waals surface area contributed by atoms with E-state index in [1.807, 2.05) is 24.3 Å². The maximum atomic E-state index is 5.85. The fraction of sp³-hybridized carbons (Fsp3) is 0.500. The zero-order valence-electron chi connectivity index (χ0n) is 13.0. The maximum absolute atomic E-state index is 5.85. The first kappa shape index (κ1) is 14.8. The first-order chi connectivity index (χ1) is 10.7. The fourth-order valence-electron chi connectivity index (χ4n) is 2.83. The smallest absolute Gasteiger partial charge is 0.324 e. The molecule has 118 valence electrons. The number of piperidine rings is 1. The zero-order valence-corrected chi connectivity index (χ0v) is 13.0. The van der Waals surface area contributed by atoms with Crippen molar-refractivity contribution in [2.24, 2.45) is 17.6 Å². The minimum absolute atomic E-state index is 0.477. The van der Waals surface area contributed by atoms with E-state index in [4.69, 9.17) is 15.0 Å². The second-order valence-corrected chi connectivity index (χ2v) is 5.84. The Kier molecular flexibility index (Phi) is 4.29. The average Bonchev–Trinajstić information content (AvgIpc) is 3.05. The quantitative estimate of drug-likeness (QED) is 0.932. The Bertz CT molecular complexity index is 611. The molecule has 6 nitrogen and oxygen atoms in total. The van der Waals surface area contributed by atoms with E-state index >= 15 is 0 Å². The van der Waals surface area contributed by atoms with Crippen molar-refractivity contribution in [1.82, 2.24) is 10.1 Å². The van der Waals surface area contributed by atoms with E-state index in [9.17, 15) is 0 Å². The van der Waals surface area contributed by atoms with Gasteiger partial charge in [-0.3, -0.25) is 0 Å². The van der Waals surface area contributed by atoms with E-state index in [0.29, 0.717) is 30.2 Å². The molecule has 2 N–H and O–H groups in total. The standard InChI is InChI=1S/C16H22N4O2/c1-11-7-8-20(10-13(11)9-17)16-18-15(19-22-16)12-3-5-14(21-2)6-4-12/h3-6,11,13H,7-10,17H2,1-2H3. The Labute approximate surface area is 130 Å². The summed E-state index contributed by atoms with van der Waals surface area (Å²) < 4.78 is 10.6. The van der Waals surface area contributed by atoms with Crippen molar-refractivity contribution in [3.63, 3.8) is 0 Å². The van der Waals surface area contributed by atoms with Crippen molar-refractivity contribution in [2.75, 3.05) is 31.6 Å². The molecular weight excluding hydrogens is 280 g/mol. The van der Waals surface area contributed by atoms with Crippen LogP contribution in [0.15, 0.2) is 28.8 Å². The van der Waals surface area contributed by atoms with Crippen LogP contribution in [0.4, 0.5) is 6.01 Å². The molecule has 1 aromatic carbocycles. The molecule has 3 rings (SSSR count). The number of nitrogens with two attached hydrogens (primary N) is 1. The predicted octanol–water partition coefficient (Wildman–Crippen LogP) is 2.17. The molecule has 1 aromatic heterocycles. The molecule has 2 heterocycles. The third-order valence-electron chi connectivity index (χ3n) is 4.45. The summed E-state index contributed by atoms with van der Waals surface area (Å²) in [7, 11) is 1.65. The van der Waals surface area contributed by atoms with Gasteiger partial charge in [-0.25, -0.2) is 0 Å². The first-order valence-corrected chi connectivity index (χ1v) is 7.64. The van der Waals surface area contributed by atoms with Crippen LogP contribution in [0.2, 0.25) is 0 Å². The van der Waals surface area contributed by atoms with Gasteiger partial charge in [-0.2, -0.15) is 4.98 Å². The lowest BCUT2D eigenvalue weighted by Gasteiger charge is -2.35. The average molecular weight is 302 g/mol. The highest BCUT2D eigenvalue weighted by atomic mass is 16.5. The number of hydrogen-bond donors (Lipinski definition) is 1. The van der Waals surface area contributed by atoms with Gasteiger partial charge in [0.1, 0.15) is 5.75 Å². The van der Waals surface area contributed by atoms with Crippen molar-refractivity contribution in [3.05, 3.63) is 24.3 Å². The number of methoxy groups -OCH3 is 1. The molecule has 1 aliphatic heterocycles. The molecule has 0 aliphatic carbocycles. The molecule has 1 saturated heterocycles. The van der Waals surface area contributed by atoms with Gasteiger partial charge in [0.15, 0.2) is 0 Å². The van der Waals surface area contributed by atoms with Crippen LogP contribution in [-0.4, -0.2) is 36.9 Å². The van der Waals surface area contributed by atoms with Crippen LogP contribution in [0, 0.1) is 11.8 Å². The van der Waals surface area contributed by atoms with Gasteiger partial charge in [-0.15, -0.1) is 0 Å². The number of hydrogen-bond acceptors (Lipinski definition) is 6. The second kappa shape index (κ2) is 6.36. The van der Waals surface area contributed by atoms with Gasteiger partial charge in [0.25, 0.3) is 0 Å². The third kappa shape index (κ3) is 2.92. The van der Waals surface area contributed by atoms with Gasteiger partial charge >= 0.3 is 6.01 Å². The van der Waals surface area contributed by atoms with Gasteiger partial charge < -0.3 is 19.9 Å². The summed E-state index contributed by atoms with van der Waals surface area (Å²) in [5.74, 6) is 2.53. The van der Waals surface area contributed by atoms with Crippen LogP contribution >= 0.6 is 0 Å². The Morgan fingerprint density at radius 1 is 1.36 bits per heavy atom. The summed E-state index contributed by atoms with van der Waals surface area (Å²) in [6, 6.07) is 8.20. The largest absolute Gasteiger partial charge is 0.497 e. The number of nitrogens with zero attached hydrogens (tertiary/aromatic N) is 3. The first-order valence-electron chi connectivity index (χ1n) is 7.64. The number of anilines is 1. The van der Waals surface area contributed by atoms with Crippen molar-refractivity contribution in [2.45, 2.75) is 13.3 Å². The van der Waals surface area contributed by atoms with Gasteiger partial charge in [-0.05, 0) is 49.1 Å². The zero-order chi connectivity index (χ0) is 15.5. The van der Waals surface area contributed by atoms with Gasteiger partial charge in [-0.1, -0.05) is 12.1 Å². The van der Waals surface area contributed by atoms with E-state index in [2.05, 4.69) is 22.0 Å².